The number of rotatable bonds is 3. The minimum absolute atomic E-state index is 0.100. The molecule has 1 atom stereocenters. The van der Waals surface area contributed by atoms with Crippen LogP contribution >= 0.6 is 0 Å². The molecule has 4 rings (SSSR count). The maximum Gasteiger partial charge on any atom is 0.316 e. The van der Waals surface area contributed by atoms with E-state index >= 15 is 0 Å². The highest BCUT2D eigenvalue weighted by Gasteiger charge is 2.36. The van der Waals surface area contributed by atoms with Crippen molar-refractivity contribution in [1.82, 2.24) is 0 Å². The average Bonchev–Trinajstić information content (AvgIpc) is 3.05. The highest BCUT2D eigenvalue weighted by atomic mass is 19.1. The molecule has 3 aromatic carbocycles. The van der Waals surface area contributed by atoms with E-state index in [1.807, 2.05) is 42.5 Å². The molecule has 0 aliphatic carbocycles. The molecule has 1 amide bonds. The van der Waals surface area contributed by atoms with E-state index in [0.717, 1.165) is 16.5 Å². The van der Waals surface area contributed by atoms with E-state index < -0.39 is 17.7 Å². The summed E-state index contributed by atoms with van der Waals surface area (Å²) >= 11 is 0. The molecule has 0 N–H and O–H groups in total. The fourth-order valence-electron chi connectivity index (χ4n) is 3.24. The Morgan fingerprint density at radius 3 is 2.54 bits per heavy atom. The van der Waals surface area contributed by atoms with Gasteiger partial charge in [-0.05, 0) is 35.7 Å². The highest BCUT2D eigenvalue weighted by molar-refractivity contribution is 6.06. The van der Waals surface area contributed by atoms with Gasteiger partial charge < -0.3 is 9.64 Å². The van der Waals surface area contributed by atoms with Crippen LogP contribution in [0.2, 0.25) is 0 Å². The van der Waals surface area contributed by atoms with Crippen LogP contribution in [-0.2, 0) is 9.59 Å². The van der Waals surface area contributed by atoms with Gasteiger partial charge in [0.25, 0.3) is 0 Å². The van der Waals surface area contributed by atoms with Gasteiger partial charge in [-0.1, -0.05) is 36.4 Å². The molecule has 1 unspecified atom stereocenters. The Morgan fingerprint density at radius 1 is 1.00 bits per heavy atom. The van der Waals surface area contributed by atoms with Gasteiger partial charge in [-0.15, -0.1) is 0 Å². The van der Waals surface area contributed by atoms with Gasteiger partial charge in [-0.2, -0.15) is 0 Å². The van der Waals surface area contributed by atoms with Crippen molar-refractivity contribution in [3.05, 3.63) is 72.5 Å². The summed E-state index contributed by atoms with van der Waals surface area (Å²) in [5, 5.41) is 2.01. The van der Waals surface area contributed by atoms with Crippen molar-refractivity contribution in [3.8, 4) is 5.75 Å². The molecule has 0 bridgehead atoms. The van der Waals surface area contributed by atoms with Crippen LogP contribution in [0.25, 0.3) is 10.8 Å². The lowest BCUT2D eigenvalue weighted by Crippen LogP contribution is -2.27. The smallest absolute Gasteiger partial charge is 0.316 e. The number of halogens is 1. The van der Waals surface area contributed by atoms with Gasteiger partial charge in [0.05, 0.1) is 11.6 Å². The van der Waals surface area contributed by atoms with E-state index in [0.29, 0.717) is 0 Å². The molecule has 4 nitrogen and oxygen atoms in total. The lowest BCUT2D eigenvalue weighted by Gasteiger charge is -2.18. The number of hydrogen-bond donors (Lipinski definition) is 0. The Balaban J connectivity index is 1.55. The Kier molecular flexibility index (Phi) is 4.13. The van der Waals surface area contributed by atoms with Crippen LogP contribution in [0.3, 0.4) is 0 Å². The van der Waals surface area contributed by atoms with E-state index in [1.165, 1.54) is 24.3 Å². The molecule has 3 aromatic rings. The first-order valence-electron chi connectivity index (χ1n) is 8.37. The number of amides is 1. The van der Waals surface area contributed by atoms with Crippen LogP contribution in [0.15, 0.2) is 66.7 Å². The maximum absolute atomic E-state index is 13.0. The minimum Gasteiger partial charge on any atom is -0.426 e. The number of carbonyl (C=O) groups is 2. The molecule has 1 aliphatic heterocycles. The van der Waals surface area contributed by atoms with Crippen molar-refractivity contribution in [2.45, 2.75) is 6.42 Å². The SMILES string of the molecule is O=C(Oc1ccc(F)cc1)C1CC(=O)N(c2cccc3ccccc23)C1. The van der Waals surface area contributed by atoms with Crippen molar-refractivity contribution >= 4 is 28.3 Å². The predicted molar refractivity (Wildman–Crippen MR) is 96.4 cm³/mol. The summed E-state index contributed by atoms with van der Waals surface area (Å²) in [6, 6.07) is 18.8. The number of hydrogen-bond acceptors (Lipinski definition) is 3. The quantitative estimate of drug-likeness (QED) is 0.532. The van der Waals surface area contributed by atoms with Crippen molar-refractivity contribution in [2.75, 3.05) is 11.4 Å². The third-order valence-corrected chi connectivity index (χ3v) is 4.55. The zero-order valence-corrected chi connectivity index (χ0v) is 13.9. The van der Waals surface area contributed by atoms with Crippen molar-refractivity contribution < 1.29 is 18.7 Å². The first-order valence-corrected chi connectivity index (χ1v) is 8.37. The number of fused-ring (bicyclic) bond motifs is 1. The van der Waals surface area contributed by atoms with Crippen LogP contribution in [0, 0.1) is 11.7 Å². The molecular weight excluding hydrogens is 333 g/mol. The lowest BCUT2D eigenvalue weighted by molar-refractivity contribution is -0.139. The Labute approximate surface area is 149 Å². The van der Waals surface area contributed by atoms with Crippen LogP contribution in [-0.4, -0.2) is 18.4 Å². The van der Waals surface area contributed by atoms with E-state index in [1.54, 1.807) is 4.90 Å². The Hall–Kier alpha value is -3.21. The number of benzene rings is 3. The Morgan fingerprint density at radius 2 is 1.73 bits per heavy atom. The van der Waals surface area contributed by atoms with Crippen LogP contribution in [0.5, 0.6) is 5.75 Å². The largest absolute Gasteiger partial charge is 0.426 e. The summed E-state index contributed by atoms with van der Waals surface area (Å²) in [5.41, 5.74) is 0.796. The van der Waals surface area contributed by atoms with Crippen molar-refractivity contribution in [2.24, 2.45) is 5.92 Å². The van der Waals surface area contributed by atoms with Gasteiger partial charge >= 0.3 is 5.97 Å². The summed E-state index contributed by atoms with van der Waals surface area (Å²) in [6.07, 6.45) is 0.100. The normalized spacial score (nSPS) is 16.9. The van der Waals surface area contributed by atoms with Crippen LogP contribution in [0.4, 0.5) is 10.1 Å². The summed E-state index contributed by atoms with van der Waals surface area (Å²) in [4.78, 5) is 26.5. The van der Waals surface area contributed by atoms with Crippen molar-refractivity contribution in [1.29, 1.82) is 0 Å². The molecule has 5 heteroatoms. The third kappa shape index (κ3) is 3.04. The van der Waals surface area contributed by atoms with Crippen LogP contribution < -0.4 is 9.64 Å². The number of esters is 1. The summed E-state index contributed by atoms with van der Waals surface area (Å²) < 4.78 is 18.2. The topological polar surface area (TPSA) is 46.6 Å². The second kappa shape index (κ2) is 6.59. The zero-order chi connectivity index (χ0) is 18.1. The number of carbonyl (C=O) groups excluding carboxylic acids is 2. The molecule has 0 radical (unpaired) electrons. The van der Waals surface area contributed by atoms with Gasteiger partial charge in [0.2, 0.25) is 5.91 Å². The molecule has 0 spiro atoms. The van der Waals surface area contributed by atoms with E-state index in [2.05, 4.69) is 0 Å². The lowest BCUT2D eigenvalue weighted by atomic mass is 10.1. The number of nitrogens with zero attached hydrogens (tertiary/aromatic N) is 1. The molecule has 26 heavy (non-hydrogen) atoms. The molecule has 0 aromatic heterocycles. The van der Waals surface area contributed by atoms with E-state index in [-0.39, 0.29) is 24.6 Å². The first-order chi connectivity index (χ1) is 12.6. The highest BCUT2D eigenvalue weighted by Crippen LogP contribution is 2.32. The van der Waals surface area contributed by atoms with Gasteiger partial charge in [-0.3, -0.25) is 9.59 Å². The maximum atomic E-state index is 13.0. The van der Waals surface area contributed by atoms with Gasteiger partial charge in [0.15, 0.2) is 0 Å². The predicted octanol–water partition coefficient (Wildman–Crippen LogP) is 3.94. The standard InChI is InChI=1S/C21H16FNO3/c22-16-8-10-17(11-9-16)26-21(25)15-12-20(24)23(13-15)19-7-3-5-14-4-1-2-6-18(14)19/h1-11,15H,12-13H2. The zero-order valence-electron chi connectivity index (χ0n) is 13.9. The van der Waals surface area contributed by atoms with Crippen LogP contribution in [0.1, 0.15) is 6.42 Å². The molecule has 1 saturated heterocycles. The molecular formula is C21H16FNO3. The monoisotopic (exact) mass is 349 g/mol. The summed E-state index contributed by atoms with van der Waals surface area (Å²) in [5.74, 6) is -1.27. The minimum atomic E-state index is -0.550. The fraction of sp³-hybridized carbons (Fsp3) is 0.143. The molecule has 0 saturated carbocycles. The van der Waals surface area contributed by atoms with Crippen molar-refractivity contribution in [3.63, 3.8) is 0 Å². The fourth-order valence-corrected chi connectivity index (χ4v) is 3.24. The van der Waals surface area contributed by atoms with Gasteiger partial charge in [0, 0.05) is 18.4 Å². The van der Waals surface area contributed by atoms with Gasteiger partial charge in [0.1, 0.15) is 11.6 Å². The first kappa shape index (κ1) is 16.3. The Bertz CT molecular complexity index is 979. The third-order valence-electron chi connectivity index (χ3n) is 4.55. The second-order valence-corrected chi connectivity index (χ2v) is 6.28. The number of anilines is 1. The molecule has 1 fully saturated rings. The molecule has 130 valence electrons. The second-order valence-electron chi connectivity index (χ2n) is 6.28. The molecule has 1 aliphatic rings. The average molecular weight is 349 g/mol. The van der Waals surface area contributed by atoms with E-state index in [4.69, 9.17) is 4.74 Å². The number of ether oxygens (including phenoxy) is 1. The summed E-state index contributed by atoms with van der Waals surface area (Å²) in [6.45, 7) is 0.271. The molecule has 1 heterocycles. The van der Waals surface area contributed by atoms with Gasteiger partial charge in [-0.25, -0.2) is 4.39 Å². The summed E-state index contributed by atoms with van der Waals surface area (Å²) in [7, 11) is 0. The van der Waals surface area contributed by atoms with E-state index in [9.17, 15) is 14.0 Å².